The summed E-state index contributed by atoms with van der Waals surface area (Å²) in [6.07, 6.45) is 4.04. The van der Waals surface area contributed by atoms with E-state index in [2.05, 4.69) is 106 Å². The van der Waals surface area contributed by atoms with Gasteiger partial charge in [-0.1, -0.05) is 6.92 Å². The quantitative estimate of drug-likeness (QED) is 0.195. The predicted octanol–water partition coefficient (Wildman–Crippen LogP) is -5.73. The maximum Gasteiger partial charge on any atom is 0.268 e. The molecular formula is C26H44B9N7O4S. The number of nitrogens with one attached hydrogen (secondary N) is 1. The third-order valence-electron chi connectivity index (χ3n) is 9.83. The van der Waals surface area contributed by atoms with Gasteiger partial charge in [-0.25, -0.2) is 27.8 Å². The van der Waals surface area contributed by atoms with Crippen LogP contribution in [0.25, 0.3) is 5.82 Å². The highest BCUT2D eigenvalue weighted by Gasteiger charge is 2.56. The maximum absolute atomic E-state index is 13.6. The van der Waals surface area contributed by atoms with Crippen molar-refractivity contribution < 1.29 is 17.9 Å². The summed E-state index contributed by atoms with van der Waals surface area (Å²) < 4.78 is 36.6. The molecule has 240 valence electrons. The molecule has 3 N–H and O–H groups in total. The number of carbonyl (C=O) groups excluding carboxylic acids is 1. The molecular weight excluding hydrogens is 604 g/mol. The third kappa shape index (κ3) is 7.05. The van der Waals surface area contributed by atoms with E-state index in [1.807, 2.05) is 6.07 Å². The SMILES string of the molecule is BC(B)(B)C(COc1ccn(-c2ccc(C(=O)NS(=O)(=O)c3cccnc3N)c(N3C[C@@H](C)CC3(C)C)n2)n1)(C(B)(B)B)C(B)(B)B. The number of anilines is 2. The van der Waals surface area contributed by atoms with Crippen molar-refractivity contribution in [1.29, 1.82) is 0 Å². The number of ether oxygens (including phenoxy) is 1. The molecule has 1 amide bonds. The molecule has 21 heteroatoms. The number of nitrogen functional groups attached to an aromatic ring is 1. The summed E-state index contributed by atoms with van der Waals surface area (Å²) in [6, 6.07) is 7.80. The van der Waals surface area contributed by atoms with Gasteiger partial charge in [0, 0.05) is 30.5 Å². The zero-order chi connectivity index (χ0) is 35.4. The summed E-state index contributed by atoms with van der Waals surface area (Å²) in [5, 5.41) is 4.50. The number of aromatic nitrogens is 4. The van der Waals surface area contributed by atoms with Crippen LogP contribution in [-0.4, -0.2) is 123 Å². The number of hydrogen-bond acceptors (Lipinski definition) is 9. The molecule has 4 rings (SSSR count). The van der Waals surface area contributed by atoms with Crippen LogP contribution in [0.5, 0.6) is 5.88 Å². The van der Waals surface area contributed by atoms with Crippen molar-refractivity contribution in [3.8, 4) is 11.7 Å². The molecule has 0 radical (unpaired) electrons. The molecule has 1 fully saturated rings. The number of nitrogens with two attached hydrogens (primary N) is 1. The smallest absolute Gasteiger partial charge is 0.268 e. The van der Waals surface area contributed by atoms with Gasteiger partial charge in [0.05, 0.1) is 82.8 Å². The van der Waals surface area contributed by atoms with Gasteiger partial charge in [0.15, 0.2) is 5.82 Å². The van der Waals surface area contributed by atoms with Crippen LogP contribution in [0.1, 0.15) is 37.6 Å². The molecule has 0 aliphatic carbocycles. The average molecular weight is 648 g/mol. The number of amides is 1. The fourth-order valence-corrected chi connectivity index (χ4v) is 9.54. The van der Waals surface area contributed by atoms with Crippen LogP contribution >= 0.6 is 0 Å². The van der Waals surface area contributed by atoms with E-state index in [-0.39, 0.29) is 42.6 Å². The van der Waals surface area contributed by atoms with E-state index in [9.17, 15) is 13.2 Å². The standard InChI is InChI=1S/C26H44B9N7O4S/c1-14-11-22(2,3)41(12-14)20-15(21(43)40-47(44,45)16-5-4-9-37-19(16)36)6-7-17(38-20)42-10-8-18(39-42)46-13-23(24(27,28)29,25(30,31)32)26(33,34)35/h4-10,14H,11-13,27-35H2,1-3H3,(H2,36,37)(H,40,43)/t14-/m0/s1. The molecule has 0 bridgehead atoms. The Hall–Kier alpha value is -3.09. The van der Waals surface area contributed by atoms with E-state index in [0.29, 0.717) is 36.6 Å². The molecule has 1 aliphatic heterocycles. The maximum atomic E-state index is 13.6. The number of hydrogen-bond donors (Lipinski definition) is 2. The summed E-state index contributed by atoms with van der Waals surface area (Å²) in [7, 11) is 16.1. The molecule has 0 unspecified atom stereocenters. The topological polar surface area (TPSA) is 145 Å². The third-order valence-corrected chi connectivity index (χ3v) is 11.2. The number of pyridine rings is 2. The molecule has 1 saturated heterocycles. The lowest BCUT2D eigenvalue weighted by atomic mass is 9.10. The Kier molecular flexibility index (Phi) is 9.71. The van der Waals surface area contributed by atoms with Crippen molar-refractivity contribution in [3.63, 3.8) is 0 Å². The summed E-state index contributed by atoms with van der Waals surface area (Å²) in [6.45, 7) is 7.43. The lowest BCUT2D eigenvalue weighted by Crippen LogP contribution is -2.60. The first-order valence-corrected chi connectivity index (χ1v) is 17.6. The minimum atomic E-state index is -4.29. The molecule has 3 aromatic heterocycles. The average Bonchev–Trinajstić information content (AvgIpc) is 3.48. The first-order chi connectivity index (χ1) is 21.4. The molecule has 0 saturated carbocycles. The van der Waals surface area contributed by atoms with Crippen LogP contribution in [0.3, 0.4) is 0 Å². The monoisotopic (exact) mass is 649 g/mol. The van der Waals surface area contributed by atoms with Gasteiger partial charge in [-0.15, -0.1) is 20.4 Å². The van der Waals surface area contributed by atoms with Crippen molar-refractivity contribution >= 4 is 98.2 Å². The van der Waals surface area contributed by atoms with Crippen molar-refractivity contribution in [2.45, 2.75) is 53.0 Å². The van der Waals surface area contributed by atoms with Gasteiger partial charge in [-0.3, -0.25) is 4.79 Å². The molecule has 1 atom stereocenters. The highest BCUT2D eigenvalue weighted by atomic mass is 32.2. The van der Waals surface area contributed by atoms with E-state index < -0.39 is 15.9 Å². The molecule has 0 aromatic carbocycles. The van der Waals surface area contributed by atoms with E-state index in [1.165, 1.54) is 18.3 Å². The van der Waals surface area contributed by atoms with Gasteiger partial charge in [0.1, 0.15) is 16.5 Å². The van der Waals surface area contributed by atoms with Crippen LogP contribution in [0.2, 0.25) is 15.3 Å². The van der Waals surface area contributed by atoms with Gasteiger partial charge in [0.25, 0.3) is 15.9 Å². The Labute approximate surface area is 287 Å². The van der Waals surface area contributed by atoms with Crippen LogP contribution in [0.15, 0.2) is 47.6 Å². The minimum Gasteiger partial charge on any atom is -0.476 e. The first-order valence-electron chi connectivity index (χ1n) is 16.2. The highest BCUT2D eigenvalue weighted by molar-refractivity contribution is 7.90. The van der Waals surface area contributed by atoms with Crippen LogP contribution in [-0.2, 0) is 10.0 Å². The van der Waals surface area contributed by atoms with Crippen LogP contribution in [0, 0.1) is 11.3 Å². The summed E-state index contributed by atoms with van der Waals surface area (Å²) in [5.41, 5.74) is 5.39. The van der Waals surface area contributed by atoms with E-state index in [4.69, 9.17) is 20.6 Å². The normalized spacial score (nSPS) is 17.3. The van der Waals surface area contributed by atoms with Gasteiger partial charge in [-0.05, 0) is 55.9 Å². The lowest BCUT2D eigenvalue weighted by Gasteiger charge is -2.62. The molecule has 0 spiro atoms. The van der Waals surface area contributed by atoms with E-state index in [1.54, 1.807) is 23.0 Å². The van der Waals surface area contributed by atoms with Gasteiger partial charge in [0.2, 0.25) is 5.88 Å². The van der Waals surface area contributed by atoms with Gasteiger partial charge in [-0.2, -0.15) is 0 Å². The van der Waals surface area contributed by atoms with Crippen molar-refractivity contribution in [2.24, 2.45) is 11.3 Å². The van der Waals surface area contributed by atoms with Crippen LogP contribution in [0.4, 0.5) is 11.6 Å². The Morgan fingerprint density at radius 3 is 2.19 bits per heavy atom. The Bertz CT molecular complexity index is 1720. The molecule has 47 heavy (non-hydrogen) atoms. The number of sulfonamides is 1. The first kappa shape index (κ1) is 36.7. The fourth-order valence-electron chi connectivity index (χ4n) is 8.49. The second-order valence-corrected chi connectivity index (χ2v) is 18.3. The molecule has 3 aromatic rings. The van der Waals surface area contributed by atoms with Crippen molar-refractivity contribution in [3.05, 3.63) is 48.3 Å². The Balaban J connectivity index is 1.71. The zero-order valence-corrected chi connectivity index (χ0v) is 30.9. The molecule has 11 nitrogen and oxygen atoms in total. The minimum absolute atomic E-state index is 0.0746. The van der Waals surface area contributed by atoms with Crippen molar-refractivity contribution in [2.75, 3.05) is 23.8 Å². The lowest BCUT2D eigenvalue weighted by molar-refractivity contribution is 0.0981. The number of nitrogens with zero attached hydrogens (tertiary/aromatic N) is 5. The van der Waals surface area contributed by atoms with Crippen LogP contribution < -0.4 is 20.1 Å². The Morgan fingerprint density at radius 1 is 1.04 bits per heavy atom. The van der Waals surface area contributed by atoms with Gasteiger partial charge < -0.3 is 15.4 Å². The summed E-state index contributed by atoms with van der Waals surface area (Å²) >= 11 is 0. The predicted molar refractivity (Wildman–Crippen MR) is 213 cm³/mol. The zero-order valence-electron chi connectivity index (χ0n) is 30.1. The summed E-state index contributed by atoms with van der Waals surface area (Å²) in [5.74, 6) is 0.627. The van der Waals surface area contributed by atoms with Crippen molar-refractivity contribution in [1.82, 2.24) is 24.5 Å². The second-order valence-electron chi connectivity index (χ2n) is 16.6. The largest absolute Gasteiger partial charge is 0.476 e. The summed E-state index contributed by atoms with van der Waals surface area (Å²) in [4.78, 5) is 24.2. The highest BCUT2D eigenvalue weighted by Crippen LogP contribution is 2.61. The van der Waals surface area contributed by atoms with E-state index >= 15 is 0 Å². The van der Waals surface area contributed by atoms with Gasteiger partial charge >= 0.3 is 0 Å². The number of carbonyl (C=O) groups is 1. The fraction of sp³-hybridized carbons (Fsp3) is 0.462. The van der Waals surface area contributed by atoms with E-state index in [0.717, 1.165) is 6.42 Å². The number of rotatable bonds is 11. The second kappa shape index (κ2) is 12.4. The Morgan fingerprint density at radius 2 is 1.66 bits per heavy atom. The molecule has 1 aliphatic rings. The molecule has 4 heterocycles.